The lowest BCUT2D eigenvalue weighted by Crippen LogP contribution is -2.20. The summed E-state index contributed by atoms with van der Waals surface area (Å²) in [5, 5.41) is 6.35. The molecule has 0 atom stereocenters. The van der Waals surface area contributed by atoms with Crippen LogP contribution in [0.4, 0.5) is 11.5 Å². The molecule has 0 saturated heterocycles. The lowest BCUT2D eigenvalue weighted by molar-refractivity contribution is -0.360. The molecule has 2 heterocycles. The second kappa shape index (κ2) is 8.26. The maximum absolute atomic E-state index is 12.4. The van der Waals surface area contributed by atoms with Gasteiger partial charge in [0.05, 0.1) is 18.3 Å². The van der Waals surface area contributed by atoms with Gasteiger partial charge in [-0.05, 0) is 29.8 Å². The summed E-state index contributed by atoms with van der Waals surface area (Å²) in [6.45, 7) is 0.737. The van der Waals surface area contributed by atoms with Gasteiger partial charge in [0.15, 0.2) is 0 Å². The van der Waals surface area contributed by atoms with E-state index in [0.29, 0.717) is 11.3 Å². The number of anilines is 2. The van der Waals surface area contributed by atoms with Crippen molar-refractivity contribution in [3.8, 4) is 0 Å². The highest BCUT2D eigenvalue weighted by Crippen LogP contribution is 2.18. The van der Waals surface area contributed by atoms with Crippen molar-refractivity contribution < 1.29 is 9.78 Å². The highest BCUT2D eigenvalue weighted by molar-refractivity contribution is 6.33. The Kier molecular flexibility index (Phi) is 5.59. The fraction of sp³-hybridized carbons (Fsp3) is 0.105. The van der Waals surface area contributed by atoms with Gasteiger partial charge in [-0.15, -0.1) is 0 Å². The summed E-state index contributed by atoms with van der Waals surface area (Å²) >= 11 is 5.98. The third kappa shape index (κ3) is 4.55. The monoisotopic (exact) mass is 353 g/mol. The fourth-order valence-corrected chi connectivity index (χ4v) is 2.61. The number of nitrogens with one attached hydrogen (secondary N) is 3. The van der Waals surface area contributed by atoms with Crippen molar-refractivity contribution in [1.82, 2.24) is 4.98 Å². The Morgan fingerprint density at radius 1 is 1.08 bits per heavy atom. The van der Waals surface area contributed by atoms with Gasteiger partial charge in [0.25, 0.3) is 11.7 Å². The minimum atomic E-state index is -0.302. The molecule has 0 saturated carbocycles. The standard InChI is InChI=1S/C19H17ClN4O/c20-17-15(8-4-11-21-17)19(25)24-16-9-5-12-22-18(16)23-13-10-14-6-2-1-3-7-14/h1-9,11-12H,10,13H2,(H,22,23)(H,24,25)/p+1. The molecule has 1 amide bonds. The summed E-state index contributed by atoms with van der Waals surface area (Å²) in [5.74, 6) is 0.440. The van der Waals surface area contributed by atoms with Crippen LogP contribution in [0.25, 0.3) is 0 Å². The zero-order valence-electron chi connectivity index (χ0n) is 13.5. The van der Waals surface area contributed by atoms with Crippen molar-refractivity contribution in [1.29, 1.82) is 0 Å². The zero-order chi connectivity index (χ0) is 17.5. The van der Waals surface area contributed by atoms with Crippen LogP contribution in [-0.4, -0.2) is 17.4 Å². The minimum absolute atomic E-state index is 0.179. The van der Waals surface area contributed by atoms with E-state index in [1.165, 1.54) is 5.56 Å². The van der Waals surface area contributed by atoms with Crippen LogP contribution < -0.4 is 15.6 Å². The maximum Gasteiger partial charge on any atom is 0.296 e. The number of H-pyrrole nitrogens is 1. The SMILES string of the molecule is O=C(Nc1ccc[nH+]c1NCCc1ccccc1)c1cccnc1Cl. The molecule has 0 bridgehead atoms. The van der Waals surface area contributed by atoms with Crippen molar-refractivity contribution in [3.63, 3.8) is 0 Å². The van der Waals surface area contributed by atoms with Crippen molar-refractivity contribution in [2.24, 2.45) is 0 Å². The number of amides is 1. The van der Waals surface area contributed by atoms with Gasteiger partial charge < -0.3 is 5.32 Å². The number of nitrogens with zero attached hydrogens (tertiary/aromatic N) is 1. The first-order chi connectivity index (χ1) is 12.2. The number of halogens is 1. The Labute approximate surface area is 151 Å². The molecular weight excluding hydrogens is 336 g/mol. The molecule has 126 valence electrons. The number of carbonyl (C=O) groups excluding carboxylic acids is 1. The summed E-state index contributed by atoms with van der Waals surface area (Å²) < 4.78 is 0. The molecule has 0 radical (unpaired) electrons. The number of aromatic amines is 1. The number of hydrogen-bond acceptors (Lipinski definition) is 3. The van der Waals surface area contributed by atoms with Gasteiger partial charge in [-0.3, -0.25) is 10.1 Å². The van der Waals surface area contributed by atoms with Gasteiger partial charge >= 0.3 is 0 Å². The summed E-state index contributed by atoms with van der Waals surface area (Å²) in [5.41, 5.74) is 2.24. The summed E-state index contributed by atoms with van der Waals surface area (Å²) in [6, 6.07) is 17.2. The van der Waals surface area contributed by atoms with Crippen LogP contribution in [0.3, 0.4) is 0 Å². The molecule has 3 N–H and O–H groups in total. The van der Waals surface area contributed by atoms with Gasteiger partial charge in [-0.2, -0.15) is 0 Å². The molecule has 3 rings (SSSR count). The minimum Gasteiger partial charge on any atom is -0.315 e. The number of rotatable bonds is 6. The van der Waals surface area contributed by atoms with Crippen molar-refractivity contribution in [3.05, 3.63) is 83.3 Å². The molecule has 0 aliphatic rings. The number of aromatic nitrogens is 2. The van der Waals surface area contributed by atoms with Crippen LogP contribution >= 0.6 is 11.6 Å². The quantitative estimate of drug-likeness (QED) is 0.667. The third-order valence-corrected chi connectivity index (χ3v) is 3.97. The zero-order valence-corrected chi connectivity index (χ0v) is 14.3. The van der Waals surface area contributed by atoms with Crippen LogP contribution in [0.1, 0.15) is 15.9 Å². The summed E-state index contributed by atoms with van der Waals surface area (Å²) in [4.78, 5) is 19.5. The number of hydrogen-bond donors (Lipinski definition) is 2. The van der Waals surface area contributed by atoms with Gasteiger partial charge in [0, 0.05) is 12.6 Å². The van der Waals surface area contributed by atoms with E-state index in [1.807, 2.05) is 30.3 Å². The van der Waals surface area contributed by atoms with Crippen LogP contribution in [-0.2, 0) is 6.42 Å². The summed E-state index contributed by atoms with van der Waals surface area (Å²) in [6.07, 6.45) is 4.23. The van der Waals surface area contributed by atoms with Crippen LogP contribution in [0.2, 0.25) is 5.15 Å². The van der Waals surface area contributed by atoms with E-state index in [1.54, 1.807) is 24.5 Å². The molecule has 0 spiro atoms. The second-order valence-electron chi connectivity index (χ2n) is 5.42. The van der Waals surface area contributed by atoms with Crippen molar-refractivity contribution in [2.45, 2.75) is 6.42 Å². The van der Waals surface area contributed by atoms with Crippen molar-refractivity contribution in [2.75, 3.05) is 17.2 Å². The summed E-state index contributed by atoms with van der Waals surface area (Å²) in [7, 11) is 0. The maximum atomic E-state index is 12.4. The molecule has 25 heavy (non-hydrogen) atoms. The molecule has 0 aliphatic heterocycles. The molecule has 0 unspecified atom stereocenters. The van der Waals surface area contributed by atoms with Gasteiger partial charge in [0.1, 0.15) is 10.8 Å². The average Bonchev–Trinajstić information content (AvgIpc) is 2.64. The first-order valence-corrected chi connectivity index (χ1v) is 8.32. The predicted octanol–water partition coefficient (Wildman–Crippen LogP) is 3.46. The smallest absolute Gasteiger partial charge is 0.296 e. The number of pyridine rings is 2. The van der Waals surface area contributed by atoms with Gasteiger partial charge in [0.2, 0.25) is 0 Å². The Morgan fingerprint density at radius 2 is 1.92 bits per heavy atom. The highest BCUT2D eigenvalue weighted by atomic mass is 35.5. The Hall–Kier alpha value is -2.92. The van der Waals surface area contributed by atoms with Crippen LogP contribution in [0, 0.1) is 0 Å². The van der Waals surface area contributed by atoms with Gasteiger partial charge in [-0.25, -0.2) is 9.97 Å². The lowest BCUT2D eigenvalue weighted by atomic mass is 10.1. The molecule has 5 nitrogen and oxygen atoms in total. The molecule has 3 aromatic rings. The topological polar surface area (TPSA) is 68.2 Å². The first-order valence-electron chi connectivity index (χ1n) is 7.94. The van der Waals surface area contributed by atoms with E-state index in [9.17, 15) is 4.79 Å². The average molecular weight is 354 g/mol. The van der Waals surface area contributed by atoms with E-state index in [4.69, 9.17) is 11.6 Å². The Balaban J connectivity index is 1.66. The fourth-order valence-electron chi connectivity index (χ4n) is 2.41. The number of carbonyl (C=O) groups is 1. The van der Waals surface area contributed by atoms with E-state index < -0.39 is 0 Å². The Bertz CT molecular complexity index is 855. The first kappa shape index (κ1) is 16.9. The molecule has 1 aromatic carbocycles. The van der Waals surface area contributed by atoms with Gasteiger partial charge in [-0.1, -0.05) is 41.9 Å². The van der Waals surface area contributed by atoms with E-state index >= 15 is 0 Å². The van der Waals surface area contributed by atoms with E-state index in [0.717, 1.165) is 18.8 Å². The van der Waals surface area contributed by atoms with Crippen LogP contribution in [0.15, 0.2) is 67.0 Å². The normalized spacial score (nSPS) is 10.3. The van der Waals surface area contributed by atoms with Crippen LogP contribution in [0.5, 0.6) is 0 Å². The molecule has 0 fully saturated rings. The molecular formula is C19H18ClN4O+. The third-order valence-electron chi connectivity index (χ3n) is 3.67. The highest BCUT2D eigenvalue weighted by Gasteiger charge is 2.15. The second-order valence-corrected chi connectivity index (χ2v) is 5.78. The largest absolute Gasteiger partial charge is 0.315 e. The van der Waals surface area contributed by atoms with E-state index in [2.05, 4.69) is 32.7 Å². The predicted molar refractivity (Wildman–Crippen MR) is 98.8 cm³/mol. The lowest BCUT2D eigenvalue weighted by Gasteiger charge is -2.08. The molecule has 0 aliphatic carbocycles. The number of benzene rings is 1. The van der Waals surface area contributed by atoms with Crippen molar-refractivity contribution >= 4 is 29.0 Å². The molecule has 2 aromatic heterocycles. The van der Waals surface area contributed by atoms with E-state index in [-0.39, 0.29) is 11.1 Å². The Morgan fingerprint density at radius 3 is 2.72 bits per heavy atom. The molecule has 6 heteroatoms.